The molecular formula is C14H17N3O. The maximum Gasteiger partial charge on any atom is 0.132 e. The van der Waals surface area contributed by atoms with Crippen molar-refractivity contribution in [3.63, 3.8) is 0 Å². The van der Waals surface area contributed by atoms with Crippen LogP contribution < -0.4 is 10.6 Å². The van der Waals surface area contributed by atoms with E-state index in [1.54, 1.807) is 12.5 Å². The van der Waals surface area contributed by atoms with Crippen molar-refractivity contribution in [2.45, 2.75) is 32.4 Å². The summed E-state index contributed by atoms with van der Waals surface area (Å²) in [5, 5.41) is 0. The first-order chi connectivity index (χ1) is 8.74. The predicted molar refractivity (Wildman–Crippen MR) is 71.3 cm³/mol. The lowest BCUT2D eigenvalue weighted by molar-refractivity contribution is 0.500. The molecule has 3 rings (SSSR count). The van der Waals surface area contributed by atoms with Crippen LogP contribution in [0, 0.1) is 6.92 Å². The van der Waals surface area contributed by atoms with Crippen molar-refractivity contribution < 1.29 is 4.42 Å². The second-order valence-electron chi connectivity index (χ2n) is 4.85. The summed E-state index contributed by atoms with van der Waals surface area (Å²) in [5.41, 5.74) is 7.59. The van der Waals surface area contributed by atoms with Gasteiger partial charge in [-0.25, -0.2) is 4.98 Å². The van der Waals surface area contributed by atoms with Crippen LogP contribution in [-0.4, -0.2) is 11.0 Å². The van der Waals surface area contributed by atoms with Crippen molar-refractivity contribution in [1.82, 2.24) is 4.98 Å². The summed E-state index contributed by atoms with van der Waals surface area (Å²) >= 11 is 0. The number of nitrogen functional groups attached to an aromatic ring is 1. The van der Waals surface area contributed by atoms with Crippen LogP contribution in [0.4, 0.5) is 11.5 Å². The van der Waals surface area contributed by atoms with Crippen LogP contribution in [0.2, 0.25) is 0 Å². The zero-order chi connectivity index (χ0) is 12.5. The lowest BCUT2D eigenvalue weighted by Gasteiger charge is -2.24. The molecule has 1 saturated carbocycles. The highest BCUT2D eigenvalue weighted by molar-refractivity contribution is 5.54. The highest BCUT2D eigenvalue weighted by atomic mass is 16.3. The quantitative estimate of drug-likeness (QED) is 0.897. The number of nitrogens with zero attached hydrogens (tertiary/aromatic N) is 2. The summed E-state index contributed by atoms with van der Waals surface area (Å²) in [4.78, 5) is 6.79. The minimum atomic E-state index is 0.588. The molecule has 2 heterocycles. The molecule has 4 heteroatoms. The van der Waals surface area contributed by atoms with Gasteiger partial charge in [0.2, 0.25) is 0 Å². The summed E-state index contributed by atoms with van der Waals surface area (Å²) in [6.07, 6.45) is 5.89. The predicted octanol–water partition coefficient (Wildman–Crippen LogP) is 2.73. The molecule has 0 aromatic carbocycles. The molecule has 0 saturated heterocycles. The topological polar surface area (TPSA) is 55.3 Å². The molecule has 0 atom stereocenters. The minimum absolute atomic E-state index is 0.588. The van der Waals surface area contributed by atoms with Gasteiger partial charge in [-0.3, -0.25) is 0 Å². The maximum absolute atomic E-state index is 5.76. The number of furan rings is 1. The Morgan fingerprint density at radius 2 is 2.33 bits per heavy atom. The van der Waals surface area contributed by atoms with Crippen molar-refractivity contribution in [3.8, 4) is 0 Å². The van der Waals surface area contributed by atoms with Gasteiger partial charge in [0.15, 0.2) is 0 Å². The van der Waals surface area contributed by atoms with Gasteiger partial charge < -0.3 is 15.1 Å². The van der Waals surface area contributed by atoms with Gasteiger partial charge in [-0.05, 0) is 43.5 Å². The third-order valence-electron chi connectivity index (χ3n) is 3.24. The fraction of sp³-hybridized carbons (Fsp3) is 0.357. The molecule has 0 bridgehead atoms. The molecule has 2 aromatic rings. The van der Waals surface area contributed by atoms with Crippen LogP contribution >= 0.6 is 0 Å². The molecule has 4 nitrogen and oxygen atoms in total. The molecule has 0 radical (unpaired) electrons. The zero-order valence-corrected chi connectivity index (χ0v) is 10.5. The Bertz CT molecular complexity index is 532. The van der Waals surface area contributed by atoms with Crippen LogP contribution in [0.15, 0.2) is 35.1 Å². The summed E-state index contributed by atoms with van der Waals surface area (Å²) < 4.78 is 5.43. The van der Waals surface area contributed by atoms with Crippen molar-refractivity contribution in [3.05, 3.63) is 42.0 Å². The number of aryl methyl sites for hydroxylation is 1. The van der Waals surface area contributed by atoms with Crippen LogP contribution in [-0.2, 0) is 6.54 Å². The largest absolute Gasteiger partial charge is 0.467 e. The average Bonchev–Trinajstić information content (AvgIpc) is 3.05. The molecule has 18 heavy (non-hydrogen) atoms. The van der Waals surface area contributed by atoms with E-state index in [1.165, 1.54) is 12.8 Å². The summed E-state index contributed by atoms with van der Waals surface area (Å²) in [6, 6.07) is 6.48. The van der Waals surface area contributed by atoms with Crippen molar-refractivity contribution in [2.24, 2.45) is 0 Å². The minimum Gasteiger partial charge on any atom is -0.467 e. The van der Waals surface area contributed by atoms with Crippen molar-refractivity contribution >= 4 is 11.5 Å². The molecule has 2 aromatic heterocycles. The highest BCUT2D eigenvalue weighted by Gasteiger charge is 2.31. The molecule has 1 aliphatic rings. The number of pyridine rings is 1. The molecule has 1 aliphatic carbocycles. The number of nitrogens with two attached hydrogens (primary N) is 1. The van der Waals surface area contributed by atoms with Gasteiger partial charge in [0, 0.05) is 6.04 Å². The SMILES string of the molecule is Cc1cc(N)cnc1N(Cc1ccco1)C1CC1. The van der Waals surface area contributed by atoms with Gasteiger partial charge in [-0.1, -0.05) is 0 Å². The summed E-state index contributed by atoms with van der Waals surface area (Å²) in [7, 11) is 0. The van der Waals surface area contributed by atoms with Gasteiger partial charge in [0.1, 0.15) is 11.6 Å². The molecule has 0 spiro atoms. The normalized spacial score (nSPS) is 14.7. The van der Waals surface area contributed by atoms with E-state index in [1.807, 2.05) is 18.2 Å². The second-order valence-corrected chi connectivity index (χ2v) is 4.85. The first kappa shape index (κ1) is 11.1. The molecule has 2 N–H and O–H groups in total. The lowest BCUT2D eigenvalue weighted by Crippen LogP contribution is -2.26. The second kappa shape index (κ2) is 4.37. The van der Waals surface area contributed by atoms with E-state index in [0.29, 0.717) is 11.7 Å². The van der Waals surface area contributed by atoms with Crippen LogP contribution in [0.25, 0.3) is 0 Å². The fourth-order valence-electron chi connectivity index (χ4n) is 2.22. The van der Waals surface area contributed by atoms with E-state index < -0.39 is 0 Å². The lowest BCUT2D eigenvalue weighted by atomic mass is 10.2. The number of anilines is 2. The van der Waals surface area contributed by atoms with Crippen LogP contribution in [0.5, 0.6) is 0 Å². The Hall–Kier alpha value is -1.97. The third-order valence-corrected chi connectivity index (χ3v) is 3.24. The zero-order valence-electron chi connectivity index (χ0n) is 10.5. The molecule has 0 unspecified atom stereocenters. The van der Waals surface area contributed by atoms with E-state index in [4.69, 9.17) is 10.2 Å². The van der Waals surface area contributed by atoms with E-state index in [2.05, 4.69) is 16.8 Å². The van der Waals surface area contributed by atoms with Gasteiger partial charge >= 0.3 is 0 Å². The van der Waals surface area contributed by atoms with E-state index >= 15 is 0 Å². The van der Waals surface area contributed by atoms with Gasteiger partial charge in [0.25, 0.3) is 0 Å². The Kier molecular flexibility index (Phi) is 2.70. The highest BCUT2D eigenvalue weighted by Crippen LogP contribution is 2.34. The Morgan fingerprint density at radius 1 is 1.50 bits per heavy atom. The first-order valence-corrected chi connectivity index (χ1v) is 6.25. The number of hydrogen-bond donors (Lipinski definition) is 1. The van der Waals surface area contributed by atoms with Crippen LogP contribution in [0.3, 0.4) is 0 Å². The molecule has 0 aliphatic heterocycles. The van der Waals surface area contributed by atoms with Gasteiger partial charge in [-0.2, -0.15) is 0 Å². The molecular weight excluding hydrogens is 226 g/mol. The smallest absolute Gasteiger partial charge is 0.132 e. The monoisotopic (exact) mass is 243 g/mol. The molecule has 1 fully saturated rings. The van der Waals surface area contributed by atoms with Gasteiger partial charge in [0.05, 0.1) is 24.7 Å². The summed E-state index contributed by atoms with van der Waals surface area (Å²) in [6.45, 7) is 2.83. The third kappa shape index (κ3) is 2.18. The van der Waals surface area contributed by atoms with Crippen molar-refractivity contribution in [2.75, 3.05) is 10.6 Å². The van der Waals surface area contributed by atoms with E-state index in [9.17, 15) is 0 Å². The Balaban J connectivity index is 1.89. The van der Waals surface area contributed by atoms with Gasteiger partial charge in [-0.15, -0.1) is 0 Å². The van der Waals surface area contributed by atoms with Crippen molar-refractivity contribution in [1.29, 1.82) is 0 Å². The van der Waals surface area contributed by atoms with E-state index in [-0.39, 0.29) is 0 Å². The van der Waals surface area contributed by atoms with E-state index in [0.717, 1.165) is 23.7 Å². The molecule has 0 amide bonds. The average molecular weight is 243 g/mol. The number of aromatic nitrogens is 1. The maximum atomic E-state index is 5.76. The van der Waals surface area contributed by atoms with Crippen LogP contribution in [0.1, 0.15) is 24.2 Å². The number of rotatable bonds is 4. The standard InChI is InChI=1S/C14H17N3O/c1-10-7-11(15)8-16-14(10)17(12-4-5-12)9-13-3-2-6-18-13/h2-3,6-8,12H,4-5,9,15H2,1H3. The Labute approximate surface area is 106 Å². The fourth-order valence-corrected chi connectivity index (χ4v) is 2.22. The Morgan fingerprint density at radius 3 is 2.94 bits per heavy atom. The summed E-state index contributed by atoms with van der Waals surface area (Å²) in [5.74, 6) is 1.99. The first-order valence-electron chi connectivity index (χ1n) is 6.25. The molecule has 94 valence electrons. The number of hydrogen-bond acceptors (Lipinski definition) is 4.